The molecule has 8 heteroatoms. The standard InChI is InChI=1S/C12H9ClF3N3S/c13-11-17-9(12(14,15)16)5-10(18-11)19-3-1-8-7(6-19)2-4-20-8/h2,4-5H,1,3,6H2. The molecule has 2 aromatic rings. The maximum absolute atomic E-state index is 12.7. The normalized spacial score (nSPS) is 15.3. The van der Waals surface area contributed by atoms with E-state index in [0.29, 0.717) is 13.1 Å². The molecule has 1 aliphatic heterocycles. The lowest BCUT2D eigenvalue weighted by Crippen LogP contribution is -2.30. The zero-order valence-corrected chi connectivity index (χ0v) is 11.7. The van der Waals surface area contributed by atoms with Crippen molar-refractivity contribution >= 4 is 28.8 Å². The Labute approximate surface area is 122 Å². The van der Waals surface area contributed by atoms with Crippen LogP contribution in [0.5, 0.6) is 0 Å². The van der Waals surface area contributed by atoms with Gasteiger partial charge in [-0.2, -0.15) is 13.2 Å². The molecule has 3 rings (SSSR count). The number of anilines is 1. The van der Waals surface area contributed by atoms with Crippen LogP contribution >= 0.6 is 22.9 Å². The Hall–Kier alpha value is -1.34. The van der Waals surface area contributed by atoms with E-state index in [1.165, 1.54) is 4.88 Å². The lowest BCUT2D eigenvalue weighted by molar-refractivity contribution is -0.141. The van der Waals surface area contributed by atoms with Crippen LogP contribution in [0.25, 0.3) is 0 Å². The molecule has 0 atom stereocenters. The molecule has 0 amide bonds. The van der Waals surface area contributed by atoms with E-state index in [9.17, 15) is 13.2 Å². The first-order valence-corrected chi connectivity index (χ1v) is 7.11. The number of halogens is 4. The van der Waals surface area contributed by atoms with Gasteiger partial charge in [0.15, 0.2) is 5.69 Å². The molecule has 0 saturated heterocycles. The van der Waals surface area contributed by atoms with E-state index in [1.54, 1.807) is 16.2 Å². The Kier molecular flexibility index (Phi) is 3.33. The highest BCUT2D eigenvalue weighted by Gasteiger charge is 2.34. The van der Waals surface area contributed by atoms with Gasteiger partial charge in [-0.05, 0) is 35.0 Å². The summed E-state index contributed by atoms with van der Waals surface area (Å²) < 4.78 is 38.2. The quantitative estimate of drug-likeness (QED) is 0.749. The zero-order chi connectivity index (χ0) is 14.3. The van der Waals surface area contributed by atoms with Crippen molar-refractivity contribution in [1.29, 1.82) is 0 Å². The fourth-order valence-corrected chi connectivity index (χ4v) is 3.22. The van der Waals surface area contributed by atoms with E-state index in [1.807, 2.05) is 11.4 Å². The van der Waals surface area contributed by atoms with Gasteiger partial charge in [-0.1, -0.05) is 0 Å². The van der Waals surface area contributed by atoms with Crippen LogP contribution in [0, 0.1) is 0 Å². The third-order valence-corrected chi connectivity index (χ3v) is 4.30. The van der Waals surface area contributed by atoms with Crippen molar-refractivity contribution in [2.75, 3.05) is 11.4 Å². The molecule has 0 saturated carbocycles. The van der Waals surface area contributed by atoms with Crippen molar-refractivity contribution < 1.29 is 13.2 Å². The first kappa shape index (κ1) is 13.6. The summed E-state index contributed by atoms with van der Waals surface area (Å²) in [5.41, 5.74) is 0.119. The second-order valence-corrected chi connectivity index (χ2v) is 5.76. The highest BCUT2D eigenvalue weighted by Crippen LogP contribution is 2.32. The molecule has 0 aliphatic carbocycles. The van der Waals surface area contributed by atoms with Gasteiger partial charge in [0.05, 0.1) is 0 Å². The SMILES string of the molecule is FC(F)(F)c1cc(N2CCc3sccc3C2)nc(Cl)n1. The van der Waals surface area contributed by atoms with Gasteiger partial charge >= 0.3 is 6.18 Å². The van der Waals surface area contributed by atoms with Crippen molar-refractivity contribution in [1.82, 2.24) is 9.97 Å². The van der Waals surface area contributed by atoms with Crippen LogP contribution in [-0.4, -0.2) is 16.5 Å². The number of rotatable bonds is 1. The average Bonchev–Trinajstić information content (AvgIpc) is 2.84. The van der Waals surface area contributed by atoms with Crippen LogP contribution in [-0.2, 0) is 19.1 Å². The van der Waals surface area contributed by atoms with Gasteiger partial charge in [0.2, 0.25) is 5.28 Å². The molecule has 0 aromatic carbocycles. The Bertz CT molecular complexity index is 641. The van der Waals surface area contributed by atoms with Crippen molar-refractivity contribution in [3.63, 3.8) is 0 Å². The van der Waals surface area contributed by atoms with Crippen LogP contribution in [0.15, 0.2) is 17.5 Å². The van der Waals surface area contributed by atoms with Gasteiger partial charge in [-0.25, -0.2) is 9.97 Å². The molecular formula is C12H9ClF3N3S. The molecule has 20 heavy (non-hydrogen) atoms. The van der Waals surface area contributed by atoms with Gasteiger partial charge in [-0.15, -0.1) is 11.3 Å². The number of hydrogen-bond acceptors (Lipinski definition) is 4. The first-order chi connectivity index (χ1) is 9.43. The van der Waals surface area contributed by atoms with E-state index in [2.05, 4.69) is 9.97 Å². The highest BCUT2D eigenvalue weighted by molar-refractivity contribution is 7.10. The van der Waals surface area contributed by atoms with Gasteiger partial charge < -0.3 is 4.90 Å². The Morgan fingerprint density at radius 3 is 2.85 bits per heavy atom. The molecular weight excluding hydrogens is 311 g/mol. The lowest BCUT2D eigenvalue weighted by Gasteiger charge is -2.28. The molecule has 0 spiro atoms. The maximum atomic E-state index is 12.7. The predicted molar refractivity (Wildman–Crippen MR) is 71.1 cm³/mol. The van der Waals surface area contributed by atoms with Crippen molar-refractivity contribution in [2.45, 2.75) is 19.1 Å². The molecule has 106 valence electrons. The van der Waals surface area contributed by atoms with E-state index < -0.39 is 11.9 Å². The third-order valence-electron chi connectivity index (χ3n) is 3.11. The predicted octanol–water partition coefficient (Wildman–Crippen LogP) is 3.77. The number of nitrogens with zero attached hydrogens (tertiary/aromatic N) is 3. The molecule has 3 nitrogen and oxygen atoms in total. The number of hydrogen-bond donors (Lipinski definition) is 0. The molecule has 0 fully saturated rings. The Balaban J connectivity index is 1.93. The van der Waals surface area contributed by atoms with E-state index in [0.717, 1.165) is 18.1 Å². The van der Waals surface area contributed by atoms with Crippen LogP contribution in [0.2, 0.25) is 5.28 Å². The summed E-state index contributed by atoms with van der Waals surface area (Å²) in [5.74, 6) is 0.217. The molecule has 0 unspecified atom stereocenters. The molecule has 1 aliphatic rings. The van der Waals surface area contributed by atoms with Crippen molar-refractivity contribution in [3.05, 3.63) is 38.9 Å². The Morgan fingerprint density at radius 2 is 2.10 bits per heavy atom. The largest absolute Gasteiger partial charge is 0.433 e. The average molecular weight is 320 g/mol. The van der Waals surface area contributed by atoms with Crippen molar-refractivity contribution in [2.24, 2.45) is 0 Å². The molecule has 0 bridgehead atoms. The summed E-state index contributed by atoms with van der Waals surface area (Å²) >= 11 is 7.28. The topological polar surface area (TPSA) is 29.0 Å². The van der Waals surface area contributed by atoms with Gasteiger partial charge in [0.1, 0.15) is 5.82 Å². The van der Waals surface area contributed by atoms with E-state index in [4.69, 9.17) is 11.6 Å². The van der Waals surface area contributed by atoms with Crippen LogP contribution in [0.4, 0.5) is 19.0 Å². The van der Waals surface area contributed by atoms with Gasteiger partial charge in [-0.3, -0.25) is 0 Å². The van der Waals surface area contributed by atoms with Crippen molar-refractivity contribution in [3.8, 4) is 0 Å². The highest BCUT2D eigenvalue weighted by atomic mass is 35.5. The van der Waals surface area contributed by atoms with Gasteiger partial charge in [0.25, 0.3) is 0 Å². The summed E-state index contributed by atoms with van der Waals surface area (Å²) in [6.07, 6.45) is -3.72. The molecule has 3 heterocycles. The molecule has 0 N–H and O–H groups in total. The summed E-state index contributed by atoms with van der Waals surface area (Å²) in [4.78, 5) is 10.2. The number of fused-ring (bicyclic) bond motifs is 1. The maximum Gasteiger partial charge on any atom is 0.433 e. The second kappa shape index (κ2) is 4.89. The number of aromatic nitrogens is 2. The minimum Gasteiger partial charge on any atom is -0.352 e. The zero-order valence-electron chi connectivity index (χ0n) is 10.1. The monoisotopic (exact) mass is 319 g/mol. The molecule has 0 radical (unpaired) electrons. The summed E-state index contributed by atoms with van der Waals surface area (Å²) in [6.45, 7) is 1.17. The summed E-state index contributed by atoms with van der Waals surface area (Å²) in [7, 11) is 0. The smallest absolute Gasteiger partial charge is 0.352 e. The fraction of sp³-hybridized carbons (Fsp3) is 0.333. The minimum atomic E-state index is -4.52. The van der Waals surface area contributed by atoms with Crippen LogP contribution in [0.1, 0.15) is 16.1 Å². The molecule has 2 aromatic heterocycles. The first-order valence-electron chi connectivity index (χ1n) is 5.85. The van der Waals surface area contributed by atoms with E-state index in [-0.39, 0.29) is 11.1 Å². The van der Waals surface area contributed by atoms with E-state index >= 15 is 0 Å². The number of thiophene rings is 1. The van der Waals surface area contributed by atoms with Crippen LogP contribution < -0.4 is 4.90 Å². The lowest BCUT2D eigenvalue weighted by atomic mass is 10.1. The van der Waals surface area contributed by atoms with Crippen LogP contribution in [0.3, 0.4) is 0 Å². The third kappa shape index (κ3) is 2.60. The second-order valence-electron chi connectivity index (χ2n) is 4.42. The summed E-state index contributed by atoms with van der Waals surface area (Å²) in [5, 5.41) is 1.60. The fourth-order valence-electron chi connectivity index (χ4n) is 2.16. The van der Waals surface area contributed by atoms with Gasteiger partial charge in [0, 0.05) is 24.0 Å². The summed E-state index contributed by atoms with van der Waals surface area (Å²) in [6, 6.07) is 2.93. The number of alkyl halides is 3. The minimum absolute atomic E-state index is 0.217. The Morgan fingerprint density at radius 1 is 1.30 bits per heavy atom.